The Morgan fingerprint density at radius 1 is 1.25 bits per heavy atom. The van der Waals surface area contributed by atoms with Gasteiger partial charge < -0.3 is 10.1 Å². The smallest absolute Gasteiger partial charge is 0.0637 e. The van der Waals surface area contributed by atoms with Gasteiger partial charge in [-0.25, -0.2) is 0 Å². The third kappa shape index (κ3) is 4.84. The lowest BCUT2D eigenvalue weighted by molar-refractivity contribution is 0.00751. The van der Waals surface area contributed by atoms with Gasteiger partial charge in [-0.1, -0.05) is 19.3 Å². The Morgan fingerprint density at radius 3 is 2.31 bits per heavy atom. The molecule has 0 aliphatic heterocycles. The average Bonchev–Trinajstić information content (AvgIpc) is 2.10. The van der Waals surface area contributed by atoms with Gasteiger partial charge in [0.1, 0.15) is 0 Å². The summed E-state index contributed by atoms with van der Waals surface area (Å²) in [5.41, 5.74) is -0.0113. The van der Waals surface area contributed by atoms with Gasteiger partial charge in [-0.2, -0.15) is 0 Å². The van der Waals surface area contributed by atoms with Crippen LogP contribution in [0.15, 0.2) is 0 Å². The van der Waals surface area contributed by atoms with Crippen molar-refractivity contribution in [2.24, 2.45) is 5.92 Å². The lowest BCUT2D eigenvalue weighted by Gasteiger charge is -2.32. The van der Waals surface area contributed by atoms with Crippen molar-refractivity contribution >= 4 is 0 Å². The fourth-order valence-corrected chi connectivity index (χ4v) is 2.66. The normalized spacial score (nSPS) is 21.6. The predicted octanol–water partition coefficient (Wildman–Crippen LogP) is 3.36. The summed E-state index contributed by atoms with van der Waals surface area (Å²) >= 11 is 0. The maximum Gasteiger partial charge on any atom is 0.0637 e. The fourth-order valence-electron chi connectivity index (χ4n) is 2.66. The Bertz CT molecular complexity index is 199. The predicted molar refractivity (Wildman–Crippen MR) is 69.7 cm³/mol. The van der Waals surface area contributed by atoms with E-state index in [2.05, 4.69) is 33.0 Å². The number of ether oxygens (including phenoxy) is 1. The molecule has 1 aliphatic carbocycles. The first-order valence-corrected chi connectivity index (χ1v) is 6.74. The minimum absolute atomic E-state index is 0.0113. The molecule has 0 radical (unpaired) electrons. The molecule has 16 heavy (non-hydrogen) atoms. The van der Waals surface area contributed by atoms with Crippen molar-refractivity contribution in [3.05, 3.63) is 0 Å². The second-order valence-electron chi connectivity index (χ2n) is 6.17. The Balaban J connectivity index is 2.19. The van der Waals surface area contributed by atoms with Gasteiger partial charge in [0.05, 0.1) is 5.60 Å². The number of nitrogens with one attached hydrogen (secondary N) is 1. The van der Waals surface area contributed by atoms with Crippen LogP contribution in [0.5, 0.6) is 0 Å². The highest BCUT2D eigenvalue weighted by Gasteiger charge is 2.23. The van der Waals surface area contributed by atoms with Gasteiger partial charge in [-0.15, -0.1) is 0 Å². The molecule has 0 bridgehead atoms. The quantitative estimate of drug-likeness (QED) is 0.720. The first-order chi connectivity index (χ1) is 7.43. The SMILES string of the molecule is COC(C)(C)CC(C)NC(C)CC1CCC1. The highest BCUT2D eigenvalue weighted by atomic mass is 16.5. The molecule has 0 saturated heterocycles. The van der Waals surface area contributed by atoms with Crippen molar-refractivity contribution in [1.82, 2.24) is 5.32 Å². The van der Waals surface area contributed by atoms with Gasteiger partial charge in [0.15, 0.2) is 0 Å². The second kappa shape index (κ2) is 6.02. The fraction of sp³-hybridized carbons (Fsp3) is 1.00. The summed E-state index contributed by atoms with van der Waals surface area (Å²) < 4.78 is 5.46. The van der Waals surface area contributed by atoms with E-state index in [1.165, 1.54) is 25.7 Å². The first-order valence-electron chi connectivity index (χ1n) is 6.74. The molecule has 96 valence electrons. The van der Waals surface area contributed by atoms with E-state index in [0.29, 0.717) is 12.1 Å². The van der Waals surface area contributed by atoms with Crippen LogP contribution in [0.1, 0.15) is 59.8 Å². The molecule has 0 aromatic heterocycles. The minimum atomic E-state index is -0.0113. The summed E-state index contributed by atoms with van der Waals surface area (Å²) in [6, 6.07) is 1.18. The highest BCUT2D eigenvalue weighted by Crippen LogP contribution is 2.30. The zero-order valence-corrected chi connectivity index (χ0v) is 11.7. The molecule has 0 aromatic rings. The van der Waals surface area contributed by atoms with Crippen molar-refractivity contribution in [1.29, 1.82) is 0 Å². The van der Waals surface area contributed by atoms with Crippen LogP contribution in [0.2, 0.25) is 0 Å². The van der Waals surface area contributed by atoms with Gasteiger partial charge in [0.25, 0.3) is 0 Å². The van der Waals surface area contributed by atoms with Crippen molar-refractivity contribution in [2.45, 2.75) is 77.5 Å². The van der Waals surface area contributed by atoms with Gasteiger partial charge >= 0.3 is 0 Å². The van der Waals surface area contributed by atoms with Gasteiger partial charge in [0.2, 0.25) is 0 Å². The van der Waals surface area contributed by atoms with E-state index < -0.39 is 0 Å². The maximum atomic E-state index is 5.46. The number of rotatable bonds is 7. The Kier molecular flexibility index (Phi) is 5.26. The van der Waals surface area contributed by atoms with Gasteiger partial charge in [0, 0.05) is 19.2 Å². The van der Waals surface area contributed by atoms with Crippen LogP contribution in [0.3, 0.4) is 0 Å². The van der Waals surface area contributed by atoms with E-state index in [9.17, 15) is 0 Å². The minimum Gasteiger partial charge on any atom is -0.379 e. The summed E-state index contributed by atoms with van der Waals surface area (Å²) in [6.07, 6.45) is 6.76. The Hall–Kier alpha value is -0.0800. The zero-order valence-electron chi connectivity index (χ0n) is 11.7. The molecular weight excluding hydrogens is 198 g/mol. The monoisotopic (exact) mass is 227 g/mol. The van der Waals surface area contributed by atoms with Crippen LogP contribution in [0.4, 0.5) is 0 Å². The Morgan fingerprint density at radius 2 is 1.88 bits per heavy atom. The molecule has 1 N–H and O–H groups in total. The number of hydrogen-bond donors (Lipinski definition) is 1. The molecule has 2 heteroatoms. The third-order valence-corrected chi connectivity index (χ3v) is 3.83. The van der Waals surface area contributed by atoms with Crippen molar-refractivity contribution in [3.8, 4) is 0 Å². The van der Waals surface area contributed by atoms with E-state index in [1.54, 1.807) is 7.11 Å². The average molecular weight is 227 g/mol. The maximum absolute atomic E-state index is 5.46. The molecule has 0 aromatic carbocycles. The van der Waals surface area contributed by atoms with Crippen LogP contribution in [-0.4, -0.2) is 24.8 Å². The molecule has 1 saturated carbocycles. The summed E-state index contributed by atoms with van der Waals surface area (Å²) in [6.45, 7) is 8.89. The van der Waals surface area contributed by atoms with Crippen molar-refractivity contribution in [3.63, 3.8) is 0 Å². The zero-order chi connectivity index (χ0) is 12.2. The van der Waals surface area contributed by atoms with E-state index >= 15 is 0 Å². The molecule has 1 aliphatic rings. The highest BCUT2D eigenvalue weighted by molar-refractivity contribution is 4.80. The van der Waals surface area contributed by atoms with Crippen LogP contribution < -0.4 is 5.32 Å². The number of hydrogen-bond acceptors (Lipinski definition) is 2. The third-order valence-electron chi connectivity index (χ3n) is 3.83. The van der Waals surface area contributed by atoms with E-state index in [4.69, 9.17) is 4.74 Å². The van der Waals surface area contributed by atoms with Crippen molar-refractivity contribution < 1.29 is 4.74 Å². The standard InChI is InChI=1S/C14H29NO/c1-11(9-13-7-6-8-13)15-12(2)10-14(3,4)16-5/h11-13,15H,6-10H2,1-5H3. The molecule has 2 nitrogen and oxygen atoms in total. The largest absolute Gasteiger partial charge is 0.379 e. The molecule has 1 rings (SSSR count). The molecule has 0 amide bonds. The molecule has 0 heterocycles. The van der Waals surface area contributed by atoms with Crippen molar-refractivity contribution in [2.75, 3.05) is 7.11 Å². The summed E-state index contributed by atoms with van der Waals surface area (Å²) in [7, 11) is 1.80. The van der Waals surface area contributed by atoms with E-state index in [0.717, 1.165) is 12.3 Å². The topological polar surface area (TPSA) is 21.3 Å². The number of methoxy groups -OCH3 is 1. The van der Waals surface area contributed by atoms with E-state index in [-0.39, 0.29) is 5.60 Å². The van der Waals surface area contributed by atoms with Crippen LogP contribution in [0.25, 0.3) is 0 Å². The first kappa shape index (κ1) is 14.0. The molecule has 2 atom stereocenters. The summed E-state index contributed by atoms with van der Waals surface area (Å²) in [4.78, 5) is 0. The Labute approximate surface area is 101 Å². The summed E-state index contributed by atoms with van der Waals surface area (Å²) in [5.74, 6) is 0.991. The lowest BCUT2D eigenvalue weighted by atomic mass is 9.81. The van der Waals surface area contributed by atoms with Crippen LogP contribution in [0, 0.1) is 5.92 Å². The molecular formula is C14H29NO. The van der Waals surface area contributed by atoms with Crippen LogP contribution >= 0.6 is 0 Å². The molecule has 1 fully saturated rings. The second-order valence-corrected chi connectivity index (χ2v) is 6.17. The van der Waals surface area contributed by atoms with Gasteiger partial charge in [-0.3, -0.25) is 0 Å². The molecule has 2 unspecified atom stereocenters. The molecule has 0 spiro atoms. The van der Waals surface area contributed by atoms with Crippen LogP contribution in [-0.2, 0) is 4.74 Å². The summed E-state index contributed by atoms with van der Waals surface area (Å²) in [5, 5.41) is 3.69. The lowest BCUT2D eigenvalue weighted by Crippen LogP contribution is -2.41. The van der Waals surface area contributed by atoms with E-state index in [1.807, 2.05) is 0 Å². The van der Waals surface area contributed by atoms with Gasteiger partial charge in [-0.05, 0) is 46.5 Å².